The summed E-state index contributed by atoms with van der Waals surface area (Å²) in [6.45, 7) is 2.45. The van der Waals surface area contributed by atoms with Crippen LogP contribution in [0.15, 0.2) is 170 Å². The van der Waals surface area contributed by atoms with E-state index in [0.29, 0.717) is 0 Å². The topological polar surface area (TPSA) is 17.8 Å². The van der Waals surface area contributed by atoms with E-state index < -0.39 is 0 Å². The van der Waals surface area contributed by atoms with Crippen LogP contribution in [0.3, 0.4) is 0 Å². The molecule has 0 N–H and O–H groups in total. The Hall–Kier alpha value is -5.77. The maximum Gasteiger partial charge on any atom is 0.0715 e. The molecule has 2 unspecified atom stereocenters. The predicted molar refractivity (Wildman–Crippen MR) is 207 cm³/mol. The Morgan fingerprint density at radius 3 is 1.98 bits per heavy atom. The largest absolute Gasteiger partial charge is 0.308 e. The number of allylic oxidation sites excluding steroid dienone is 4. The molecule has 3 heteroatoms. The molecule has 2 aliphatic carbocycles. The van der Waals surface area contributed by atoms with Gasteiger partial charge in [-0.25, -0.2) is 4.98 Å². The molecular formula is C46H32N2S. The van der Waals surface area contributed by atoms with E-state index in [1.54, 1.807) is 0 Å². The van der Waals surface area contributed by atoms with Crippen molar-refractivity contribution in [1.82, 2.24) is 9.55 Å². The lowest BCUT2D eigenvalue weighted by Gasteiger charge is -2.40. The average molecular weight is 645 g/mol. The fourth-order valence-electron chi connectivity index (χ4n) is 8.21. The normalized spacial score (nSPS) is 17.6. The van der Waals surface area contributed by atoms with Gasteiger partial charge in [0, 0.05) is 38.2 Å². The van der Waals surface area contributed by atoms with Crippen molar-refractivity contribution in [3.63, 3.8) is 0 Å². The quantitative estimate of drug-likeness (QED) is 0.186. The van der Waals surface area contributed by atoms with Crippen molar-refractivity contribution in [2.24, 2.45) is 0 Å². The van der Waals surface area contributed by atoms with Crippen LogP contribution >= 0.6 is 11.3 Å². The molecule has 10 rings (SSSR count). The van der Waals surface area contributed by atoms with E-state index in [9.17, 15) is 0 Å². The third kappa shape index (κ3) is 4.29. The molecule has 0 saturated heterocycles. The number of rotatable bonds is 4. The van der Waals surface area contributed by atoms with E-state index >= 15 is 0 Å². The van der Waals surface area contributed by atoms with Crippen molar-refractivity contribution in [2.45, 2.75) is 18.3 Å². The first-order valence-corrected chi connectivity index (χ1v) is 17.7. The van der Waals surface area contributed by atoms with Gasteiger partial charge in [-0.05, 0) is 70.1 Å². The zero-order valence-electron chi connectivity index (χ0n) is 27.0. The third-order valence-electron chi connectivity index (χ3n) is 10.5. The van der Waals surface area contributed by atoms with Gasteiger partial charge in [-0.2, -0.15) is 0 Å². The van der Waals surface area contributed by atoms with Crippen molar-refractivity contribution >= 4 is 32.3 Å². The van der Waals surface area contributed by atoms with Crippen LogP contribution in [-0.4, -0.2) is 9.55 Å². The number of hydrogen-bond donors (Lipinski definition) is 0. The number of nitrogens with zero attached hydrogens (tertiary/aromatic N) is 2. The van der Waals surface area contributed by atoms with E-state index in [1.165, 1.54) is 53.9 Å². The molecule has 49 heavy (non-hydrogen) atoms. The highest BCUT2D eigenvalue weighted by Gasteiger charge is 2.46. The molecule has 0 bridgehead atoms. The van der Waals surface area contributed by atoms with E-state index in [1.807, 2.05) is 11.3 Å². The van der Waals surface area contributed by atoms with Gasteiger partial charge < -0.3 is 4.57 Å². The van der Waals surface area contributed by atoms with Crippen LogP contribution < -0.4 is 0 Å². The molecule has 0 aliphatic heterocycles. The molecule has 2 atom stereocenters. The molecule has 0 fully saturated rings. The zero-order chi connectivity index (χ0) is 32.5. The highest BCUT2D eigenvalue weighted by Crippen LogP contribution is 2.60. The first-order valence-electron chi connectivity index (χ1n) is 16.9. The molecule has 8 aromatic rings. The molecular weight excluding hydrogens is 613 g/mol. The molecule has 232 valence electrons. The number of hydrogen-bond acceptors (Lipinski definition) is 2. The lowest BCUT2D eigenvalue weighted by atomic mass is 9.62. The first-order chi connectivity index (χ1) is 24.2. The van der Waals surface area contributed by atoms with Crippen LogP contribution in [0.2, 0.25) is 0 Å². The minimum Gasteiger partial charge on any atom is -0.308 e. The summed E-state index contributed by atoms with van der Waals surface area (Å²) in [6, 6.07) is 52.5. The molecule has 0 amide bonds. The average Bonchev–Trinajstić information content (AvgIpc) is 3.73. The highest BCUT2D eigenvalue weighted by atomic mass is 32.1. The van der Waals surface area contributed by atoms with Gasteiger partial charge in [0.15, 0.2) is 0 Å². The summed E-state index contributed by atoms with van der Waals surface area (Å²) in [4.78, 5) is 6.54. The number of benzene rings is 5. The fourth-order valence-corrected chi connectivity index (χ4v) is 9.50. The molecule has 0 saturated carbocycles. The Balaban J connectivity index is 1.29. The van der Waals surface area contributed by atoms with Crippen molar-refractivity contribution in [3.8, 4) is 49.9 Å². The van der Waals surface area contributed by atoms with Gasteiger partial charge in [0.05, 0.1) is 27.5 Å². The minimum atomic E-state index is -0.222. The summed E-state index contributed by atoms with van der Waals surface area (Å²) < 4.78 is 3.86. The summed E-state index contributed by atoms with van der Waals surface area (Å²) >= 11 is 1.93. The molecule has 3 heterocycles. The lowest BCUT2D eigenvalue weighted by molar-refractivity contribution is 0.526. The summed E-state index contributed by atoms with van der Waals surface area (Å²) in [5, 5.41) is 2.67. The molecule has 3 aromatic heterocycles. The standard InChI is InChI=1S/C46H32N2S/c1-46-26-14-13-22-37(46)42-35-21-11-12-23-41(35)49-45(42)44-43(46)36-27-32(24-25-40(36)48(44)34-19-9-4-10-20-34)33-28-38(30-15-5-2-6-16-30)47-39(29-33)31-17-7-3-8-18-31/h2-29,37H,1H3. The highest BCUT2D eigenvalue weighted by molar-refractivity contribution is 7.22. The van der Waals surface area contributed by atoms with Crippen molar-refractivity contribution in [3.05, 3.63) is 181 Å². The Labute approximate surface area is 290 Å². The monoisotopic (exact) mass is 644 g/mol. The van der Waals surface area contributed by atoms with Crippen LogP contribution in [0.1, 0.15) is 24.0 Å². The fraction of sp³-hybridized carbons (Fsp3) is 0.0652. The smallest absolute Gasteiger partial charge is 0.0715 e. The second kappa shape index (κ2) is 10.9. The molecule has 0 radical (unpaired) electrons. The number of fused-ring (bicyclic) bond motifs is 10. The van der Waals surface area contributed by atoms with Crippen LogP contribution in [0, 0.1) is 0 Å². The van der Waals surface area contributed by atoms with Crippen LogP contribution in [-0.2, 0) is 5.41 Å². The predicted octanol–water partition coefficient (Wildman–Crippen LogP) is 12.4. The first kappa shape index (κ1) is 28.3. The second-order valence-corrected chi connectivity index (χ2v) is 14.4. The van der Waals surface area contributed by atoms with Crippen LogP contribution in [0.25, 0.3) is 70.9 Å². The van der Waals surface area contributed by atoms with Crippen LogP contribution in [0.5, 0.6) is 0 Å². The summed E-state index contributed by atoms with van der Waals surface area (Å²) in [5.41, 5.74) is 12.9. The SMILES string of the molecule is CC12C=CC=CC1c1c(sc3ccccc13)-c1c2c2cc(-c3cc(-c4ccccc4)nc(-c4ccccc4)c3)ccc2n1-c1ccccc1. The van der Waals surface area contributed by atoms with Gasteiger partial charge in [-0.1, -0.05) is 134 Å². The number of aromatic nitrogens is 2. The number of para-hydroxylation sites is 1. The Kier molecular flexibility index (Phi) is 6.27. The Morgan fingerprint density at radius 1 is 0.612 bits per heavy atom. The maximum absolute atomic E-state index is 5.17. The van der Waals surface area contributed by atoms with Gasteiger partial charge in [-0.3, -0.25) is 0 Å². The van der Waals surface area contributed by atoms with Crippen LogP contribution in [0.4, 0.5) is 0 Å². The van der Waals surface area contributed by atoms with E-state index in [-0.39, 0.29) is 11.3 Å². The molecule has 0 spiro atoms. The van der Waals surface area contributed by atoms with E-state index in [0.717, 1.165) is 28.1 Å². The number of thiophene rings is 1. The van der Waals surface area contributed by atoms with Gasteiger partial charge in [-0.15, -0.1) is 11.3 Å². The summed E-state index contributed by atoms with van der Waals surface area (Å²) in [5.74, 6) is 0.241. The van der Waals surface area contributed by atoms with Gasteiger partial charge in [0.1, 0.15) is 0 Å². The summed E-state index contributed by atoms with van der Waals surface area (Å²) in [6.07, 6.45) is 9.36. The van der Waals surface area contributed by atoms with E-state index in [4.69, 9.17) is 4.98 Å². The Bertz CT molecular complexity index is 2550. The summed E-state index contributed by atoms with van der Waals surface area (Å²) in [7, 11) is 0. The third-order valence-corrected chi connectivity index (χ3v) is 11.7. The van der Waals surface area contributed by atoms with Crippen molar-refractivity contribution in [2.75, 3.05) is 0 Å². The van der Waals surface area contributed by atoms with Gasteiger partial charge >= 0.3 is 0 Å². The van der Waals surface area contributed by atoms with Crippen molar-refractivity contribution in [1.29, 1.82) is 0 Å². The van der Waals surface area contributed by atoms with Gasteiger partial charge in [0.2, 0.25) is 0 Å². The maximum atomic E-state index is 5.17. The number of pyridine rings is 1. The molecule has 2 aliphatic rings. The molecule has 5 aromatic carbocycles. The second-order valence-electron chi connectivity index (χ2n) is 13.3. The Morgan fingerprint density at radius 2 is 1.27 bits per heavy atom. The molecule has 2 nitrogen and oxygen atoms in total. The van der Waals surface area contributed by atoms with E-state index in [2.05, 4.69) is 181 Å². The lowest BCUT2D eigenvalue weighted by Crippen LogP contribution is -2.32. The minimum absolute atomic E-state index is 0.222. The zero-order valence-corrected chi connectivity index (χ0v) is 27.9. The van der Waals surface area contributed by atoms with Gasteiger partial charge in [0.25, 0.3) is 0 Å². The van der Waals surface area contributed by atoms with Crippen molar-refractivity contribution < 1.29 is 0 Å².